The minimum atomic E-state index is -0.961. The molecule has 1 aromatic heterocycles. The highest BCUT2D eigenvalue weighted by molar-refractivity contribution is 6.33. The van der Waals surface area contributed by atoms with E-state index in [0.717, 1.165) is 0 Å². The van der Waals surface area contributed by atoms with Gasteiger partial charge in [0, 0.05) is 19.6 Å². The molecule has 0 unspecified atom stereocenters. The lowest BCUT2D eigenvalue weighted by atomic mass is 10.1. The number of rotatable bonds is 6. The van der Waals surface area contributed by atoms with Crippen LogP contribution in [-0.4, -0.2) is 46.1 Å². The number of anilines is 1. The Morgan fingerprint density at radius 2 is 2.10 bits per heavy atom. The van der Waals surface area contributed by atoms with Gasteiger partial charge >= 0.3 is 0 Å². The van der Waals surface area contributed by atoms with E-state index >= 15 is 0 Å². The first-order valence-electron chi connectivity index (χ1n) is 6.70. The molecule has 1 heterocycles. The molecule has 1 rings (SSSR count). The van der Waals surface area contributed by atoms with Gasteiger partial charge in [-0.25, -0.2) is 4.98 Å². The molecule has 1 amide bonds. The van der Waals surface area contributed by atoms with Gasteiger partial charge in [0.05, 0.1) is 10.6 Å². The lowest BCUT2D eigenvalue weighted by Gasteiger charge is -2.28. The van der Waals surface area contributed by atoms with E-state index in [1.165, 1.54) is 4.90 Å². The third-order valence-corrected chi connectivity index (χ3v) is 2.96. The van der Waals surface area contributed by atoms with Crippen molar-refractivity contribution >= 4 is 23.3 Å². The summed E-state index contributed by atoms with van der Waals surface area (Å²) in [5, 5.41) is 13.2. The number of pyridine rings is 1. The summed E-state index contributed by atoms with van der Waals surface area (Å²) in [6, 6.07) is 3.38. The Balaban J connectivity index is 3.02. The number of likely N-dealkylation sites (N-methyl/N-ethyl adjacent to an activating group) is 1. The van der Waals surface area contributed by atoms with Gasteiger partial charge in [-0.05, 0) is 39.8 Å². The molecular weight excluding hydrogens is 278 g/mol. The summed E-state index contributed by atoms with van der Waals surface area (Å²) in [6.07, 6.45) is 0. The second-order valence-corrected chi connectivity index (χ2v) is 5.60. The summed E-state index contributed by atoms with van der Waals surface area (Å²) in [6.45, 7) is 8.54. The SMILES string of the molecule is CCNc1ccc(Cl)c(C(=O)N(CC)CC(C)(C)O)n1. The standard InChI is InChI=1S/C14H22ClN3O2/c1-5-16-11-8-7-10(15)12(17-11)13(19)18(6-2)9-14(3,4)20/h7-8,20H,5-6,9H2,1-4H3,(H,16,17). The average Bonchev–Trinajstić information content (AvgIpc) is 2.36. The molecule has 0 spiro atoms. The Kier molecular flexibility index (Phi) is 5.77. The highest BCUT2D eigenvalue weighted by atomic mass is 35.5. The number of nitrogens with zero attached hydrogens (tertiary/aromatic N) is 2. The number of amides is 1. The first-order valence-corrected chi connectivity index (χ1v) is 7.08. The van der Waals surface area contributed by atoms with Crippen molar-refractivity contribution in [3.63, 3.8) is 0 Å². The van der Waals surface area contributed by atoms with Gasteiger partial charge < -0.3 is 15.3 Å². The number of halogens is 1. The molecule has 0 atom stereocenters. The second-order valence-electron chi connectivity index (χ2n) is 5.19. The first-order chi connectivity index (χ1) is 9.28. The molecule has 0 radical (unpaired) electrons. The Hall–Kier alpha value is -1.33. The van der Waals surface area contributed by atoms with Crippen LogP contribution in [0, 0.1) is 0 Å². The Bertz CT molecular complexity index is 472. The van der Waals surface area contributed by atoms with Crippen molar-refractivity contribution in [3.05, 3.63) is 22.8 Å². The summed E-state index contributed by atoms with van der Waals surface area (Å²) in [7, 11) is 0. The normalized spacial score (nSPS) is 11.3. The monoisotopic (exact) mass is 299 g/mol. The smallest absolute Gasteiger partial charge is 0.274 e. The lowest BCUT2D eigenvalue weighted by Crippen LogP contribution is -2.42. The number of carbonyl (C=O) groups excluding carboxylic acids is 1. The van der Waals surface area contributed by atoms with Crippen LogP contribution in [0.3, 0.4) is 0 Å². The first kappa shape index (κ1) is 16.7. The maximum Gasteiger partial charge on any atom is 0.274 e. The number of carbonyl (C=O) groups is 1. The predicted molar refractivity (Wildman–Crippen MR) is 81.3 cm³/mol. The molecule has 0 aliphatic carbocycles. The third kappa shape index (κ3) is 4.65. The van der Waals surface area contributed by atoms with Crippen molar-refractivity contribution in [1.82, 2.24) is 9.88 Å². The topological polar surface area (TPSA) is 65.5 Å². The van der Waals surface area contributed by atoms with E-state index in [1.807, 2.05) is 13.8 Å². The average molecular weight is 300 g/mol. The van der Waals surface area contributed by atoms with Gasteiger partial charge in [-0.3, -0.25) is 4.79 Å². The Morgan fingerprint density at radius 1 is 1.45 bits per heavy atom. The van der Waals surface area contributed by atoms with Crippen molar-refractivity contribution in [2.24, 2.45) is 0 Å². The van der Waals surface area contributed by atoms with Crippen LogP contribution in [0.25, 0.3) is 0 Å². The van der Waals surface area contributed by atoms with Gasteiger partial charge in [0.25, 0.3) is 5.91 Å². The largest absolute Gasteiger partial charge is 0.389 e. The summed E-state index contributed by atoms with van der Waals surface area (Å²) >= 11 is 6.06. The second kappa shape index (κ2) is 6.90. The van der Waals surface area contributed by atoms with Crippen molar-refractivity contribution < 1.29 is 9.90 Å². The fourth-order valence-electron chi connectivity index (χ4n) is 1.82. The van der Waals surface area contributed by atoms with Crippen LogP contribution in [0.1, 0.15) is 38.2 Å². The van der Waals surface area contributed by atoms with Crippen LogP contribution in [-0.2, 0) is 0 Å². The fourth-order valence-corrected chi connectivity index (χ4v) is 2.00. The number of aliphatic hydroxyl groups is 1. The van der Waals surface area contributed by atoms with Crippen LogP contribution in [0.4, 0.5) is 5.82 Å². The Morgan fingerprint density at radius 3 is 2.60 bits per heavy atom. The van der Waals surface area contributed by atoms with Crippen molar-refractivity contribution in [3.8, 4) is 0 Å². The van der Waals surface area contributed by atoms with E-state index in [4.69, 9.17) is 11.6 Å². The van der Waals surface area contributed by atoms with Gasteiger partial charge in [0.15, 0.2) is 0 Å². The molecule has 0 aliphatic heterocycles. The summed E-state index contributed by atoms with van der Waals surface area (Å²) < 4.78 is 0. The molecule has 6 heteroatoms. The van der Waals surface area contributed by atoms with Gasteiger partial charge in [0.2, 0.25) is 0 Å². The molecule has 0 aliphatic rings. The summed E-state index contributed by atoms with van der Waals surface area (Å²) in [5.41, 5.74) is -0.756. The molecule has 0 bridgehead atoms. The van der Waals surface area contributed by atoms with E-state index in [2.05, 4.69) is 10.3 Å². The van der Waals surface area contributed by atoms with E-state index in [0.29, 0.717) is 23.9 Å². The maximum absolute atomic E-state index is 12.5. The van der Waals surface area contributed by atoms with Crippen LogP contribution >= 0.6 is 11.6 Å². The molecular formula is C14H22ClN3O2. The molecule has 2 N–H and O–H groups in total. The molecule has 0 aromatic carbocycles. The molecule has 5 nitrogen and oxygen atoms in total. The van der Waals surface area contributed by atoms with Gasteiger partial charge in [-0.2, -0.15) is 0 Å². The van der Waals surface area contributed by atoms with Gasteiger partial charge in [0.1, 0.15) is 11.5 Å². The van der Waals surface area contributed by atoms with Crippen LogP contribution in [0.5, 0.6) is 0 Å². The maximum atomic E-state index is 12.5. The van der Waals surface area contributed by atoms with Crippen molar-refractivity contribution in [2.75, 3.05) is 25.0 Å². The van der Waals surface area contributed by atoms with Crippen molar-refractivity contribution in [2.45, 2.75) is 33.3 Å². The molecule has 20 heavy (non-hydrogen) atoms. The number of nitrogens with one attached hydrogen (secondary N) is 1. The third-order valence-electron chi connectivity index (χ3n) is 2.65. The predicted octanol–water partition coefficient (Wildman–Crippen LogP) is 2.40. The van der Waals surface area contributed by atoms with Gasteiger partial charge in [-0.1, -0.05) is 11.6 Å². The highest BCUT2D eigenvalue weighted by Gasteiger charge is 2.24. The summed E-state index contributed by atoms with van der Waals surface area (Å²) in [5.74, 6) is 0.332. The molecule has 0 saturated carbocycles. The van der Waals surface area contributed by atoms with Crippen molar-refractivity contribution in [1.29, 1.82) is 0 Å². The molecule has 0 fully saturated rings. The lowest BCUT2D eigenvalue weighted by molar-refractivity contribution is 0.0312. The van der Waals surface area contributed by atoms with E-state index in [9.17, 15) is 9.90 Å². The number of hydrogen-bond donors (Lipinski definition) is 2. The highest BCUT2D eigenvalue weighted by Crippen LogP contribution is 2.19. The molecule has 0 saturated heterocycles. The number of aromatic nitrogens is 1. The van der Waals surface area contributed by atoms with E-state index in [1.54, 1.807) is 26.0 Å². The zero-order chi connectivity index (χ0) is 15.3. The fraction of sp³-hybridized carbons (Fsp3) is 0.571. The minimum absolute atomic E-state index is 0.205. The van der Waals surface area contributed by atoms with E-state index < -0.39 is 5.60 Å². The minimum Gasteiger partial charge on any atom is -0.389 e. The van der Waals surface area contributed by atoms with Gasteiger partial charge in [-0.15, -0.1) is 0 Å². The molecule has 1 aromatic rings. The summed E-state index contributed by atoms with van der Waals surface area (Å²) in [4.78, 5) is 18.2. The number of hydrogen-bond acceptors (Lipinski definition) is 4. The quantitative estimate of drug-likeness (QED) is 0.846. The zero-order valence-corrected chi connectivity index (χ0v) is 13.2. The Labute approximate surface area is 125 Å². The zero-order valence-electron chi connectivity index (χ0n) is 12.4. The van der Waals surface area contributed by atoms with Crippen LogP contribution < -0.4 is 5.32 Å². The molecule has 112 valence electrons. The van der Waals surface area contributed by atoms with E-state index in [-0.39, 0.29) is 18.1 Å². The van der Waals surface area contributed by atoms with Crippen LogP contribution in [0.2, 0.25) is 5.02 Å². The van der Waals surface area contributed by atoms with Crippen LogP contribution in [0.15, 0.2) is 12.1 Å².